The monoisotopic (exact) mass is 631 g/mol. The van der Waals surface area contributed by atoms with E-state index in [0.717, 1.165) is 25.7 Å². The number of hydrogen-bond donors (Lipinski definition) is 3. The molecule has 0 saturated heterocycles. The Morgan fingerprint density at radius 3 is 2.63 bits per heavy atom. The van der Waals surface area contributed by atoms with Crippen molar-refractivity contribution >= 4 is 33.2 Å². The molecule has 1 unspecified atom stereocenters. The van der Waals surface area contributed by atoms with E-state index in [1.165, 1.54) is 32.8 Å². The second kappa shape index (κ2) is 10.2. The highest BCUT2D eigenvalue weighted by atomic mass is 16.8. The number of rotatable bonds is 5. The molecule has 4 saturated carbocycles. The van der Waals surface area contributed by atoms with Crippen LogP contribution in [0.1, 0.15) is 88.9 Å². The van der Waals surface area contributed by atoms with Crippen LogP contribution in [0.25, 0.3) is 21.5 Å². The minimum absolute atomic E-state index is 0.0283. The molecule has 246 valence electrons. The maximum absolute atomic E-state index is 14.5. The smallest absolute Gasteiger partial charge is 0.339 e. The van der Waals surface area contributed by atoms with E-state index < -0.39 is 16.8 Å². The number of esters is 1. The molecule has 1 spiro atoms. The standard InChI is InChI=1S/C37H45NO8/c1-34(2)12-6-13-35(3)28(34)11-14-36-17-21(9-10-29(35)36)37(18-36,19-39)46-33(40)24-16-27-32(45-20-44-27)31-22-7-5-8-26(43-4)23(22)15-25(30(24)31)38(41)42/h5,7-8,15-16,21,28-29,38-39,41H,6,9-14,17-20H2,1-4H3/t21-,28+,29-,35-,36+,37+/m0/s1. The molecule has 9 nitrogen and oxygen atoms in total. The minimum Gasteiger partial charge on any atom is -0.595 e. The number of hydrogen-bond acceptors (Lipinski definition) is 8. The summed E-state index contributed by atoms with van der Waals surface area (Å²) in [7, 11) is 1.54. The third-order valence-corrected chi connectivity index (χ3v) is 13.4. The normalized spacial score (nSPS) is 34.6. The summed E-state index contributed by atoms with van der Waals surface area (Å²) in [6, 6.07) is 8.56. The van der Waals surface area contributed by atoms with Gasteiger partial charge in [-0.2, -0.15) is 5.23 Å². The Balaban J connectivity index is 1.22. The van der Waals surface area contributed by atoms with Crippen LogP contribution in [0.3, 0.4) is 0 Å². The van der Waals surface area contributed by atoms with Crippen LogP contribution in [0.4, 0.5) is 5.69 Å². The van der Waals surface area contributed by atoms with Crippen molar-refractivity contribution in [3.8, 4) is 17.2 Å². The number of aliphatic hydroxyl groups is 1. The summed E-state index contributed by atoms with van der Waals surface area (Å²) in [5.74, 6) is 1.89. The predicted molar refractivity (Wildman–Crippen MR) is 171 cm³/mol. The van der Waals surface area contributed by atoms with Gasteiger partial charge in [-0.15, -0.1) is 0 Å². The van der Waals surface area contributed by atoms with Crippen molar-refractivity contribution in [3.63, 3.8) is 0 Å². The lowest BCUT2D eigenvalue weighted by Crippen LogP contribution is -2.99. The number of nitrogens with one attached hydrogen (secondary N) is 1. The molecule has 46 heavy (non-hydrogen) atoms. The maximum Gasteiger partial charge on any atom is 0.339 e. The quantitative estimate of drug-likeness (QED) is 0.167. The summed E-state index contributed by atoms with van der Waals surface area (Å²) >= 11 is 0. The fraction of sp³-hybridized carbons (Fsp3) is 0.595. The molecule has 4 fully saturated rings. The van der Waals surface area contributed by atoms with Gasteiger partial charge in [-0.3, -0.25) is 0 Å². The molecule has 3 aromatic carbocycles. The Labute approximate surface area is 269 Å². The average Bonchev–Trinajstić information content (AvgIpc) is 3.59. The van der Waals surface area contributed by atoms with Crippen molar-refractivity contribution in [3.05, 3.63) is 41.1 Å². The van der Waals surface area contributed by atoms with Crippen LogP contribution in [0.15, 0.2) is 30.3 Å². The molecule has 3 aromatic rings. The van der Waals surface area contributed by atoms with Gasteiger partial charge in [0.15, 0.2) is 17.2 Å². The summed E-state index contributed by atoms with van der Waals surface area (Å²) in [6.07, 6.45) is 9.65. The van der Waals surface area contributed by atoms with E-state index in [1.54, 1.807) is 18.2 Å². The van der Waals surface area contributed by atoms with Crippen molar-refractivity contribution in [2.45, 2.75) is 84.2 Å². The number of methoxy groups -OCH3 is 1. The van der Waals surface area contributed by atoms with E-state index >= 15 is 0 Å². The molecular formula is C37H45NO8. The highest BCUT2D eigenvalue weighted by Gasteiger charge is 2.68. The number of ether oxygens (including phenoxy) is 4. The lowest BCUT2D eigenvalue weighted by atomic mass is 9.41. The summed E-state index contributed by atoms with van der Waals surface area (Å²) in [5, 5.41) is 35.2. The molecule has 7 atom stereocenters. The molecule has 1 aliphatic heterocycles. The molecule has 8 rings (SSSR count). The zero-order valence-corrected chi connectivity index (χ0v) is 27.2. The zero-order valence-electron chi connectivity index (χ0n) is 27.2. The van der Waals surface area contributed by atoms with Gasteiger partial charge in [0.25, 0.3) is 0 Å². The summed E-state index contributed by atoms with van der Waals surface area (Å²) in [5.41, 5.74) is -0.376. The fourth-order valence-electron chi connectivity index (χ4n) is 11.7. The second-order valence-corrected chi connectivity index (χ2v) is 15.8. The predicted octanol–water partition coefficient (Wildman–Crippen LogP) is 6.45. The van der Waals surface area contributed by atoms with Gasteiger partial charge in [-0.25, -0.2) is 10.0 Å². The van der Waals surface area contributed by atoms with Crippen LogP contribution in [0, 0.1) is 39.2 Å². The molecular weight excluding hydrogens is 586 g/mol. The molecule has 2 bridgehead atoms. The topological polar surface area (TPSA) is 122 Å². The van der Waals surface area contributed by atoms with Crippen molar-refractivity contribution in [1.82, 2.24) is 0 Å². The number of aliphatic hydroxyl groups excluding tert-OH is 1. The molecule has 4 aliphatic carbocycles. The first-order valence-corrected chi connectivity index (χ1v) is 16.9. The number of benzene rings is 3. The van der Waals surface area contributed by atoms with E-state index in [1.807, 2.05) is 12.1 Å². The van der Waals surface area contributed by atoms with Crippen LogP contribution in [-0.4, -0.2) is 42.4 Å². The largest absolute Gasteiger partial charge is 0.595 e. The molecule has 3 N–H and O–H groups in total. The Kier molecular flexibility index (Phi) is 6.70. The third kappa shape index (κ3) is 4.04. The van der Waals surface area contributed by atoms with Crippen LogP contribution in [-0.2, 0) is 4.74 Å². The van der Waals surface area contributed by atoms with Gasteiger partial charge in [0.2, 0.25) is 6.79 Å². The Bertz CT molecular complexity index is 1750. The highest BCUT2D eigenvalue weighted by molar-refractivity contribution is 6.22. The zero-order chi connectivity index (χ0) is 32.2. The van der Waals surface area contributed by atoms with E-state index in [-0.39, 0.29) is 46.8 Å². The molecule has 0 amide bonds. The van der Waals surface area contributed by atoms with E-state index in [9.17, 15) is 20.3 Å². The summed E-state index contributed by atoms with van der Waals surface area (Å²) in [6.45, 7) is 7.13. The average molecular weight is 632 g/mol. The lowest BCUT2D eigenvalue weighted by Gasteiger charge is -2.63. The number of quaternary nitrogens is 1. The Morgan fingerprint density at radius 2 is 1.87 bits per heavy atom. The number of carbonyl (C=O) groups is 1. The van der Waals surface area contributed by atoms with Gasteiger partial charge < -0.3 is 29.3 Å². The van der Waals surface area contributed by atoms with Crippen LogP contribution in [0.5, 0.6) is 17.2 Å². The molecule has 9 heteroatoms. The first-order valence-electron chi connectivity index (χ1n) is 16.9. The van der Waals surface area contributed by atoms with Gasteiger partial charge in [-0.05, 0) is 97.0 Å². The van der Waals surface area contributed by atoms with Crippen molar-refractivity contribution < 1.29 is 39.3 Å². The highest BCUT2D eigenvalue weighted by Crippen LogP contribution is 2.73. The van der Waals surface area contributed by atoms with Crippen LogP contribution >= 0.6 is 0 Å². The third-order valence-electron chi connectivity index (χ3n) is 13.4. The number of fused-ring (bicyclic) bond motifs is 8. The van der Waals surface area contributed by atoms with E-state index in [0.29, 0.717) is 57.1 Å². The molecule has 0 aromatic heterocycles. The number of carbonyl (C=O) groups excluding carboxylic acids is 1. The van der Waals surface area contributed by atoms with Gasteiger partial charge in [-0.1, -0.05) is 39.3 Å². The Hall–Kier alpha value is -3.11. The minimum atomic E-state index is -1.18. The maximum atomic E-state index is 14.5. The molecule has 0 radical (unpaired) electrons. The lowest BCUT2D eigenvalue weighted by molar-refractivity contribution is -0.990. The van der Waals surface area contributed by atoms with Gasteiger partial charge >= 0.3 is 5.97 Å². The van der Waals surface area contributed by atoms with Crippen molar-refractivity contribution in [2.24, 2.45) is 34.0 Å². The van der Waals surface area contributed by atoms with Crippen molar-refractivity contribution in [1.29, 1.82) is 0 Å². The molecule has 1 heterocycles. The van der Waals surface area contributed by atoms with Crippen LogP contribution < -0.4 is 19.4 Å². The summed E-state index contributed by atoms with van der Waals surface area (Å²) in [4.78, 5) is 14.5. The van der Waals surface area contributed by atoms with Crippen LogP contribution in [0.2, 0.25) is 0 Å². The SMILES string of the molecule is COc1cccc2c1cc([NH+]([O-])O)c1c(C(=O)O[C@@]3(CO)C[C@]45CC[C@@H]6C(C)(C)CCC[C@]6(C)[C@@H]4CC[C@H]3C5)cc3c(c12)OCO3. The first kappa shape index (κ1) is 30.2. The van der Waals surface area contributed by atoms with Crippen molar-refractivity contribution in [2.75, 3.05) is 20.5 Å². The Morgan fingerprint density at radius 1 is 1.04 bits per heavy atom. The van der Waals surface area contributed by atoms with Gasteiger partial charge in [0.05, 0.1) is 24.7 Å². The van der Waals surface area contributed by atoms with Gasteiger partial charge in [0, 0.05) is 22.8 Å². The second-order valence-electron chi connectivity index (χ2n) is 15.8. The first-order chi connectivity index (χ1) is 22.0. The van der Waals surface area contributed by atoms with E-state index in [4.69, 9.17) is 18.9 Å². The van der Waals surface area contributed by atoms with Gasteiger partial charge in [0.1, 0.15) is 11.4 Å². The fourth-order valence-corrected chi connectivity index (χ4v) is 11.7. The van der Waals surface area contributed by atoms with E-state index in [2.05, 4.69) is 20.8 Å². The summed E-state index contributed by atoms with van der Waals surface area (Å²) < 4.78 is 23.8. The molecule has 5 aliphatic rings.